The van der Waals surface area contributed by atoms with Crippen LogP contribution in [-0.4, -0.2) is 83.0 Å². The van der Waals surface area contributed by atoms with E-state index in [0.717, 1.165) is 16.5 Å². The first-order valence-electron chi connectivity index (χ1n) is 14.0. The molecular formula is C28H45N7O5S. The van der Waals surface area contributed by atoms with Crippen molar-refractivity contribution in [1.82, 2.24) is 20.9 Å². The van der Waals surface area contributed by atoms with E-state index in [-0.39, 0.29) is 19.3 Å². The van der Waals surface area contributed by atoms with E-state index in [0.29, 0.717) is 50.9 Å². The van der Waals surface area contributed by atoms with Crippen LogP contribution in [0.2, 0.25) is 0 Å². The van der Waals surface area contributed by atoms with Crippen molar-refractivity contribution >= 4 is 46.4 Å². The number of nitrogens with one attached hydrogen (secondary N) is 4. The molecule has 0 spiro atoms. The van der Waals surface area contributed by atoms with Gasteiger partial charge in [-0.3, -0.25) is 14.4 Å². The maximum absolute atomic E-state index is 13.4. The zero-order valence-electron chi connectivity index (χ0n) is 23.7. The monoisotopic (exact) mass is 591 g/mol. The number of carboxylic acid groups (broad SMARTS) is 1. The van der Waals surface area contributed by atoms with Gasteiger partial charge in [0.15, 0.2) is 0 Å². The Morgan fingerprint density at radius 3 is 2.02 bits per heavy atom. The van der Waals surface area contributed by atoms with Gasteiger partial charge in [-0.15, -0.1) is 0 Å². The Labute approximate surface area is 245 Å². The van der Waals surface area contributed by atoms with E-state index < -0.39 is 47.9 Å². The third-order valence-electron chi connectivity index (χ3n) is 6.84. The molecule has 0 saturated carbocycles. The number of aromatic nitrogens is 1. The Kier molecular flexibility index (Phi) is 15.2. The van der Waals surface area contributed by atoms with E-state index in [1.165, 1.54) is 11.8 Å². The summed E-state index contributed by atoms with van der Waals surface area (Å²) in [5, 5.41) is 18.6. The van der Waals surface area contributed by atoms with Gasteiger partial charge in [0.2, 0.25) is 17.7 Å². The highest BCUT2D eigenvalue weighted by Crippen LogP contribution is 2.19. The fraction of sp³-hybridized carbons (Fsp3) is 0.571. The summed E-state index contributed by atoms with van der Waals surface area (Å²) in [6.45, 7) is 0.858. The van der Waals surface area contributed by atoms with Crippen LogP contribution in [0.3, 0.4) is 0 Å². The quantitative estimate of drug-likeness (QED) is 0.101. The van der Waals surface area contributed by atoms with E-state index in [4.69, 9.17) is 17.2 Å². The first-order valence-corrected chi connectivity index (χ1v) is 15.4. The van der Waals surface area contributed by atoms with Gasteiger partial charge in [0, 0.05) is 17.1 Å². The van der Waals surface area contributed by atoms with Gasteiger partial charge in [-0.25, -0.2) is 4.79 Å². The minimum Gasteiger partial charge on any atom is -0.480 e. The lowest BCUT2D eigenvalue weighted by molar-refractivity contribution is -0.142. The van der Waals surface area contributed by atoms with Crippen LogP contribution < -0.4 is 33.2 Å². The first-order chi connectivity index (χ1) is 19.7. The number of carbonyl (C=O) groups excluding carboxylic acids is 3. The first kappa shape index (κ1) is 34.1. The summed E-state index contributed by atoms with van der Waals surface area (Å²) in [6.07, 6.45) is 7.20. The lowest BCUT2D eigenvalue weighted by Crippen LogP contribution is -2.57. The van der Waals surface area contributed by atoms with Crippen molar-refractivity contribution in [2.75, 3.05) is 25.1 Å². The number of benzene rings is 1. The molecule has 0 radical (unpaired) electrons. The third-order valence-corrected chi connectivity index (χ3v) is 7.48. The molecule has 2 rings (SSSR count). The number of hydrogen-bond donors (Lipinski definition) is 8. The summed E-state index contributed by atoms with van der Waals surface area (Å²) in [5.74, 6) is -2.20. The van der Waals surface area contributed by atoms with Crippen LogP contribution in [0.5, 0.6) is 0 Å². The Balaban J connectivity index is 2.10. The van der Waals surface area contributed by atoms with Crippen LogP contribution in [0.1, 0.15) is 50.5 Å². The van der Waals surface area contributed by atoms with Crippen LogP contribution in [0.15, 0.2) is 30.5 Å². The Hall–Kier alpha value is -3.13. The van der Waals surface area contributed by atoms with Gasteiger partial charge in [0.1, 0.15) is 18.1 Å². The highest BCUT2D eigenvalue weighted by molar-refractivity contribution is 7.98. The number of para-hydroxylation sites is 1. The zero-order chi connectivity index (χ0) is 30.2. The van der Waals surface area contributed by atoms with Gasteiger partial charge < -0.3 is 43.2 Å². The molecule has 41 heavy (non-hydrogen) atoms. The standard InChI is InChI=1S/C28H45N7O5S/c1-41-15-12-23(27(38)35-24(28(39)40)11-5-7-14-30)34-26(37)22(10-4-6-13-29)33-25(36)20(31)16-18-17-32-21-9-3-2-8-19(18)21/h2-3,8-9,17,20,22-24,32H,4-7,10-16,29-31H2,1H3,(H,33,36)(H,34,37)(H,35,38)(H,39,40). The van der Waals surface area contributed by atoms with Gasteiger partial charge in [-0.05, 0) is 88.1 Å². The van der Waals surface area contributed by atoms with Crippen LogP contribution in [0.25, 0.3) is 10.9 Å². The van der Waals surface area contributed by atoms with E-state index >= 15 is 0 Å². The van der Waals surface area contributed by atoms with Crippen LogP contribution in [0, 0.1) is 0 Å². The topological polar surface area (TPSA) is 218 Å². The molecule has 1 heterocycles. The number of amides is 3. The number of aromatic amines is 1. The number of nitrogens with two attached hydrogens (primary N) is 3. The van der Waals surface area contributed by atoms with E-state index in [9.17, 15) is 24.3 Å². The van der Waals surface area contributed by atoms with Crippen molar-refractivity contribution in [2.45, 2.75) is 75.5 Å². The largest absolute Gasteiger partial charge is 0.480 e. The second-order valence-corrected chi connectivity index (χ2v) is 11.0. The number of rotatable bonds is 20. The van der Waals surface area contributed by atoms with Gasteiger partial charge in [-0.2, -0.15) is 11.8 Å². The van der Waals surface area contributed by atoms with Gasteiger partial charge in [-0.1, -0.05) is 18.2 Å². The molecule has 12 nitrogen and oxygen atoms in total. The summed E-state index contributed by atoms with van der Waals surface area (Å²) in [5.41, 5.74) is 19.2. The Morgan fingerprint density at radius 1 is 0.854 bits per heavy atom. The van der Waals surface area contributed by atoms with Crippen LogP contribution >= 0.6 is 11.8 Å². The second-order valence-electron chi connectivity index (χ2n) is 10.0. The van der Waals surface area contributed by atoms with Crippen LogP contribution in [0.4, 0.5) is 0 Å². The lowest BCUT2D eigenvalue weighted by Gasteiger charge is -2.25. The number of hydrogen-bond acceptors (Lipinski definition) is 8. The van der Waals surface area contributed by atoms with Crippen molar-refractivity contribution in [1.29, 1.82) is 0 Å². The van der Waals surface area contributed by atoms with Crippen molar-refractivity contribution in [3.8, 4) is 0 Å². The molecule has 1 aromatic heterocycles. The van der Waals surface area contributed by atoms with Gasteiger partial charge in [0.25, 0.3) is 0 Å². The summed E-state index contributed by atoms with van der Waals surface area (Å²) in [7, 11) is 0. The lowest BCUT2D eigenvalue weighted by atomic mass is 10.0. The van der Waals surface area contributed by atoms with Crippen LogP contribution in [-0.2, 0) is 25.6 Å². The molecule has 3 amide bonds. The van der Waals surface area contributed by atoms with Gasteiger partial charge >= 0.3 is 5.97 Å². The molecule has 0 aliphatic carbocycles. The van der Waals surface area contributed by atoms with Crippen molar-refractivity contribution in [3.05, 3.63) is 36.0 Å². The number of fused-ring (bicyclic) bond motifs is 1. The minimum atomic E-state index is -1.15. The van der Waals surface area contributed by atoms with Gasteiger partial charge in [0.05, 0.1) is 6.04 Å². The Bertz CT molecular complexity index is 1130. The maximum Gasteiger partial charge on any atom is 0.326 e. The second kappa shape index (κ2) is 18.3. The summed E-state index contributed by atoms with van der Waals surface area (Å²) >= 11 is 1.49. The molecule has 13 heteroatoms. The van der Waals surface area contributed by atoms with E-state index in [1.807, 2.05) is 36.7 Å². The normalized spacial score (nSPS) is 14.1. The molecule has 0 bridgehead atoms. The molecule has 228 valence electrons. The highest BCUT2D eigenvalue weighted by Gasteiger charge is 2.30. The third kappa shape index (κ3) is 11.3. The molecule has 0 aliphatic rings. The number of thioether (sulfide) groups is 1. The SMILES string of the molecule is CSCCC(NC(=O)C(CCCCN)NC(=O)C(N)Cc1c[nH]c2ccccc12)C(=O)NC(CCCCN)C(=O)O. The summed E-state index contributed by atoms with van der Waals surface area (Å²) in [6, 6.07) is 3.80. The van der Waals surface area contributed by atoms with E-state index in [2.05, 4.69) is 20.9 Å². The molecule has 0 aliphatic heterocycles. The molecular weight excluding hydrogens is 546 g/mol. The van der Waals surface area contributed by atoms with E-state index in [1.54, 1.807) is 0 Å². The number of aliphatic carboxylic acids is 1. The highest BCUT2D eigenvalue weighted by atomic mass is 32.2. The maximum atomic E-state index is 13.4. The average Bonchev–Trinajstić information content (AvgIpc) is 3.36. The molecule has 11 N–H and O–H groups in total. The number of carboxylic acids is 1. The average molecular weight is 592 g/mol. The minimum absolute atomic E-state index is 0.230. The predicted octanol–water partition coefficient (Wildman–Crippen LogP) is 0.588. The fourth-order valence-corrected chi connectivity index (χ4v) is 4.94. The number of H-pyrrole nitrogens is 1. The predicted molar refractivity (Wildman–Crippen MR) is 162 cm³/mol. The smallest absolute Gasteiger partial charge is 0.326 e. The van der Waals surface area contributed by atoms with Crippen molar-refractivity contribution < 1.29 is 24.3 Å². The zero-order valence-corrected chi connectivity index (χ0v) is 24.5. The Morgan fingerprint density at radius 2 is 1.41 bits per heavy atom. The summed E-state index contributed by atoms with van der Waals surface area (Å²) in [4.78, 5) is 54.4. The van der Waals surface area contributed by atoms with Crippen molar-refractivity contribution in [3.63, 3.8) is 0 Å². The molecule has 0 fully saturated rings. The van der Waals surface area contributed by atoms with Crippen molar-refractivity contribution in [2.24, 2.45) is 17.2 Å². The molecule has 0 saturated heterocycles. The molecule has 4 atom stereocenters. The molecule has 2 aromatic rings. The number of carbonyl (C=O) groups is 4. The summed E-state index contributed by atoms with van der Waals surface area (Å²) < 4.78 is 0. The fourth-order valence-electron chi connectivity index (χ4n) is 4.47. The number of unbranched alkanes of at least 4 members (excludes halogenated alkanes) is 2. The molecule has 1 aromatic carbocycles. The molecule has 4 unspecified atom stereocenters.